The van der Waals surface area contributed by atoms with Gasteiger partial charge in [-0.2, -0.15) is 0 Å². The fraction of sp³-hybridized carbons (Fsp3) is 1.00. The molecular weight excluding hydrogens is 373 g/mol. The summed E-state index contributed by atoms with van der Waals surface area (Å²) in [5.41, 5.74) is -1.03. The van der Waals surface area contributed by atoms with Gasteiger partial charge in [-0.1, -0.05) is 0 Å². The van der Waals surface area contributed by atoms with Crippen molar-refractivity contribution in [3.05, 3.63) is 0 Å². The van der Waals surface area contributed by atoms with Gasteiger partial charge in [0, 0.05) is 19.8 Å². The summed E-state index contributed by atoms with van der Waals surface area (Å²) in [6, 6.07) is 0. The molecule has 0 aromatic rings. The van der Waals surface area contributed by atoms with Crippen molar-refractivity contribution in [2.75, 3.05) is 19.8 Å². The number of rotatable bonds is 12. The standard InChI is InChI=1S/C15H40O5Si4/c1-11-16-14(15(21,17-12-2)18-13-3)24(10,19-22(4,5)6)20-23(7,8)9/h14H,11-13H2,1-10,21H3. The van der Waals surface area contributed by atoms with Gasteiger partial charge in [0.05, 0.1) is 10.2 Å². The molecule has 0 radical (unpaired) electrons. The van der Waals surface area contributed by atoms with Gasteiger partial charge in [0.1, 0.15) is 5.73 Å². The van der Waals surface area contributed by atoms with Gasteiger partial charge in [-0.3, -0.25) is 0 Å². The first kappa shape index (κ1) is 24.7. The Morgan fingerprint density at radius 2 is 1.12 bits per heavy atom. The van der Waals surface area contributed by atoms with Crippen LogP contribution in [0, 0.1) is 0 Å². The van der Waals surface area contributed by atoms with Gasteiger partial charge in [0.2, 0.25) is 0 Å². The molecule has 146 valence electrons. The van der Waals surface area contributed by atoms with Crippen molar-refractivity contribution < 1.29 is 22.4 Å². The molecule has 0 spiro atoms. The van der Waals surface area contributed by atoms with Gasteiger partial charge in [-0.15, -0.1) is 0 Å². The fourth-order valence-corrected chi connectivity index (χ4v) is 18.1. The average Bonchev–Trinajstić information content (AvgIpc) is 2.31. The summed E-state index contributed by atoms with van der Waals surface area (Å²) < 4.78 is 31.7. The second-order valence-electron chi connectivity index (χ2n) is 8.16. The lowest BCUT2D eigenvalue weighted by Gasteiger charge is -2.48. The lowest BCUT2D eigenvalue weighted by atomic mass is 10.6. The van der Waals surface area contributed by atoms with E-state index < -0.39 is 30.6 Å². The van der Waals surface area contributed by atoms with E-state index in [1.807, 2.05) is 20.8 Å². The molecule has 0 rings (SSSR count). The van der Waals surface area contributed by atoms with Crippen LogP contribution in [0.5, 0.6) is 0 Å². The Hall–Kier alpha value is 0.668. The molecule has 0 aliphatic heterocycles. The topological polar surface area (TPSA) is 46.2 Å². The molecule has 24 heavy (non-hydrogen) atoms. The molecule has 0 aliphatic carbocycles. The monoisotopic (exact) mass is 412 g/mol. The van der Waals surface area contributed by atoms with Crippen LogP contribution in [-0.2, 0) is 22.4 Å². The third-order valence-electron chi connectivity index (χ3n) is 3.17. The molecule has 1 unspecified atom stereocenters. The second-order valence-corrected chi connectivity index (χ2v) is 22.2. The van der Waals surface area contributed by atoms with E-state index in [9.17, 15) is 0 Å². The summed E-state index contributed by atoms with van der Waals surface area (Å²) in [6.07, 6.45) is 0. The minimum Gasteiger partial charge on any atom is -0.435 e. The molecular formula is C15H40O5Si4. The first-order valence-corrected chi connectivity index (χ1v) is 19.2. The molecule has 0 amide bonds. The van der Waals surface area contributed by atoms with Crippen LogP contribution >= 0.6 is 0 Å². The highest BCUT2D eigenvalue weighted by molar-refractivity contribution is 6.88. The van der Waals surface area contributed by atoms with Crippen molar-refractivity contribution in [1.82, 2.24) is 0 Å². The van der Waals surface area contributed by atoms with Gasteiger partial charge in [0.15, 0.2) is 22.0 Å². The van der Waals surface area contributed by atoms with E-state index in [1.165, 1.54) is 0 Å². The number of hydrogen-bond donors (Lipinski definition) is 0. The molecule has 5 nitrogen and oxygen atoms in total. The van der Waals surface area contributed by atoms with Gasteiger partial charge < -0.3 is 22.4 Å². The summed E-state index contributed by atoms with van der Waals surface area (Å²) in [5, 5.41) is 0. The second kappa shape index (κ2) is 9.56. The van der Waals surface area contributed by atoms with E-state index >= 15 is 0 Å². The fourth-order valence-electron chi connectivity index (χ4n) is 3.06. The van der Waals surface area contributed by atoms with Crippen LogP contribution in [0.2, 0.25) is 45.8 Å². The zero-order valence-electron chi connectivity index (χ0n) is 17.7. The van der Waals surface area contributed by atoms with Crippen LogP contribution in [0.1, 0.15) is 20.8 Å². The summed E-state index contributed by atoms with van der Waals surface area (Å²) in [6.45, 7) is 23.1. The number of hydrogen-bond acceptors (Lipinski definition) is 5. The van der Waals surface area contributed by atoms with E-state index in [0.29, 0.717) is 30.1 Å². The molecule has 0 heterocycles. The van der Waals surface area contributed by atoms with E-state index in [-0.39, 0.29) is 5.73 Å². The van der Waals surface area contributed by atoms with Crippen LogP contribution in [0.25, 0.3) is 0 Å². The predicted octanol–water partition coefficient (Wildman–Crippen LogP) is 2.80. The minimum atomic E-state index is -2.69. The highest BCUT2D eigenvalue weighted by atomic mass is 28.5. The van der Waals surface area contributed by atoms with Crippen molar-refractivity contribution in [2.24, 2.45) is 0 Å². The van der Waals surface area contributed by atoms with Crippen LogP contribution < -0.4 is 0 Å². The predicted molar refractivity (Wildman–Crippen MR) is 112 cm³/mol. The third-order valence-corrected chi connectivity index (χ3v) is 14.6. The Morgan fingerprint density at radius 1 is 0.750 bits per heavy atom. The Morgan fingerprint density at radius 3 is 1.38 bits per heavy atom. The SMILES string of the molecule is CCOC(C([SiH3])(OCC)OCC)[Si](C)(O[Si](C)(C)C)O[Si](C)(C)C. The maximum absolute atomic E-state index is 6.68. The molecule has 0 saturated heterocycles. The largest absolute Gasteiger partial charge is 0.435 e. The van der Waals surface area contributed by atoms with Crippen molar-refractivity contribution in [1.29, 1.82) is 0 Å². The Labute approximate surface area is 155 Å². The van der Waals surface area contributed by atoms with E-state index in [4.69, 9.17) is 22.4 Å². The summed E-state index contributed by atoms with van der Waals surface area (Å²) in [5.74, 6) is 0. The van der Waals surface area contributed by atoms with E-state index in [2.05, 4.69) is 45.8 Å². The average molecular weight is 413 g/mol. The highest BCUT2D eigenvalue weighted by Gasteiger charge is 2.56. The van der Waals surface area contributed by atoms with Crippen molar-refractivity contribution in [3.63, 3.8) is 0 Å². The number of ether oxygens (including phenoxy) is 3. The Bertz CT molecular complexity index is 346. The molecule has 0 N–H and O–H groups in total. The molecule has 0 aromatic heterocycles. The summed E-state index contributed by atoms with van der Waals surface area (Å²) in [4.78, 5) is 0. The molecule has 0 fully saturated rings. The normalized spacial score (nSPS) is 15.8. The molecule has 0 aliphatic rings. The van der Waals surface area contributed by atoms with Crippen molar-refractivity contribution in [3.8, 4) is 0 Å². The quantitative estimate of drug-likeness (QED) is 0.364. The van der Waals surface area contributed by atoms with Gasteiger partial charge in [-0.25, -0.2) is 0 Å². The van der Waals surface area contributed by atoms with Crippen LogP contribution in [0.4, 0.5) is 0 Å². The van der Waals surface area contributed by atoms with Crippen LogP contribution in [0.15, 0.2) is 0 Å². The molecule has 0 aromatic carbocycles. The molecule has 0 saturated carbocycles. The van der Waals surface area contributed by atoms with Gasteiger partial charge in [0.25, 0.3) is 0 Å². The molecule has 1 atom stereocenters. The third kappa shape index (κ3) is 8.37. The maximum atomic E-state index is 6.68. The minimum absolute atomic E-state index is 0.292. The zero-order chi connectivity index (χ0) is 19.2. The summed E-state index contributed by atoms with van der Waals surface area (Å²) in [7, 11) is -5.66. The van der Waals surface area contributed by atoms with Gasteiger partial charge in [-0.05, 0) is 66.6 Å². The molecule has 0 bridgehead atoms. The summed E-state index contributed by atoms with van der Waals surface area (Å²) >= 11 is 0. The first-order chi connectivity index (χ1) is 10.7. The zero-order valence-corrected chi connectivity index (χ0v) is 22.7. The Kier molecular flexibility index (Phi) is 9.82. The van der Waals surface area contributed by atoms with E-state index in [1.54, 1.807) is 0 Å². The van der Waals surface area contributed by atoms with Gasteiger partial charge >= 0.3 is 8.56 Å². The smallest absolute Gasteiger partial charge is 0.349 e. The maximum Gasteiger partial charge on any atom is 0.349 e. The molecule has 9 heteroatoms. The van der Waals surface area contributed by atoms with Crippen molar-refractivity contribution in [2.45, 2.75) is 77.7 Å². The lowest BCUT2D eigenvalue weighted by molar-refractivity contribution is -0.221. The van der Waals surface area contributed by atoms with E-state index in [0.717, 1.165) is 0 Å². The highest BCUT2D eigenvalue weighted by Crippen LogP contribution is 2.32. The van der Waals surface area contributed by atoms with Crippen LogP contribution in [-0.4, -0.2) is 66.4 Å². The lowest BCUT2D eigenvalue weighted by Crippen LogP contribution is -2.69. The Balaban J connectivity index is 5.99. The van der Waals surface area contributed by atoms with Crippen LogP contribution in [0.3, 0.4) is 0 Å². The first-order valence-electron chi connectivity index (χ1n) is 9.03. The van der Waals surface area contributed by atoms with Crippen molar-refractivity contribution >= 4 is 35.4 Å².